The van der Waals surface area contributed by atoms with E-state index in [1.807, 2.05) is 0 Å². The van der Waals surface area contributed by atoms with Gasteiger partial charge in [0.05, 0.1) is 0 Å². The van der Waals surface area contributed by atoms with Crippen molar-refractivity contribution in [1.29, 1.82) is 0 Å². The second-order valence-electron chi connectivity index (χ2n) is 6.01. The van der Waals surface area contributed by atoms with Crippen molar-refractivity contribution in [3.63, 3.8) is 0 Å². The Kier molecular flexibility index (Phi) is 4.19. The molecule has 104 valence electrons. The number of nitrogens with one attached hydrogen (secondary N) is 1. The highest BCUT2D eigenvalue weighted by molar-refractivity contribution is 5.32. The molecule has 0 amide bonds. The Balaban J connectivity index is 1.73. The van der Waals surface area contributed by atoms with E-state index in [0.717, 1.165) is 12.6 Å². The smallest absolute Gasteiger partial charge is 0.0452 e. The minimum Gasteiger partial charge on any atom is -0.309 e. The minimum atomic E-state index is 0.539. The predicted molar refractivity (Wildman–Crippen MR) is 80.4 cm³/mol. The van der Waals surface area contributed by atoms with E-state index in [2.05, 4.69) is 41.4 Å². The molecule has 1 aromatic rings. The molecular weight excluding hydrogens is 232 g/mol. The van der Waals surface area contributed by atoms with Gasteiger partial charge in [-0.1, -0.05) is 37.6 Å². The molecule has 2 unspecified atom stereocenters. The minimum absolute atomic E-state index is 0.539. The quantitative estimate of drug-likeness (QED) is 0.896. The highest BCUT2D eigenvalue weighted by atomic mass is 15.2. The fraction of sp³-hybridized carbons (Fsp3) is 0.647. The molecule has 0 saturated carbocycles. The van der Waals surface area contributed by atoms with Gasteiger partial charge in [0.25, 0.3) is 0 Å². The van der Waals surface area contributed by atoms with Crippen LogP contribution in [-0.4, -0.2) is 30.6 Å². The van der Waals surface area contributed by atoms with Crippen LogP contribution in [0.5, 0.6) is 0 Å². The first-order valence-corrected chi connectivity index (χ1v) is 7.93. The summed E-state index contributed by atoms with van der Waals surface area (Å²) in [5.74, 6) is 0. The molecule has 2 nitrogen and oxygen atoms in total. The normalized spacial score (nSPS) is 28.1. The number of hydrogen-bond acceptors (Lipinski definition) is 2. The van der Waals surface area contributed by atoms with Gasteiger partial charge >= 0.3 is 0 Å². The van der Waals surface area contributed by atoms with Crippen molar-refractivity contribution in [2.45, 2.75) is 51.1 Å². The molecule has 0 aliphatic carbocycles. The summed E-state index contributed by atoms with van der Waals surface area (Å²) < 4.78 is 0. The summed E-state index contributed by atoms with van der Waals surface area (Å²) in [6, 6.07) is 10.3. The van der Waals surface area contributed by atoms with Crippen molar-refractivity contribution in [2.75, 3.05) is 19.6 Å². The average molecular weight is 258 g/mol. The Morgan fingerprint density at radius 2 is 2.16 bits per heavy atom. The lowest BCUT2D eigenvalue weighted by Gasteiger charge is -2.39. The number of hydrogen-bond donors (Lipinski definition) is 1. The first-order chi connectivity index (χ1) is 9.38. The van der Waals surface area contributed by atoms with Gasteiger partial charge in [-0.15, -0.1) is 0 Å². The first kappa shape index (κ1) is 13.1. The van der Waals surface area contributed by atoms with Gasteiger partial charge in [-0.3, -0.25) is 4.90 Å². The van der Waals surface area contributed by atoms with Crippen LogP contribution in [0.1, 0.15) is 49.8 Å². The van der Waals surface area contributed by atoms with E-state index in [9.17, 15) is 0 Å². The fourth-order valence-corrected chi connectivity index (χ4v) is 3.75. The van der Waals surface area contributed by atoms with Crippen molar-refractivity contribution < 1.29 is 0 Å². The molecule has 0 spiro atoms. The zero-order valence-corrected chi connectivity index (χ0v) is 12.1. The summed E-state index contributed by atoms with van der Waals surface area (Å²) in [5.41, 5.74) is 3.09. The molecule has 2 heterocycles. The molecule has 1 fully saturated rings. The van der Waals surface area contributed by atoms with Gasteiger partial charge in [0.1, 0.15) is 0 Å². The van der Waals surface area contributed by atoms with Gasteiger partial charge in [0.15, 0.2) is 0 Å². The number of benzene rings is 1. The Labute approximate surface area is 117 Å². The Morgan fingerprint density at radius 3 is 3.05 bits per heavy atom. The maximum absolute atomic E-state index is 3.73. The van der Waals surface area contributed by atoms with Crippen molar-refractivity contribution in [1.82, 2.24) is 10.2 Å². The summed E-state index contributed by atoms with van der Waals surface area (Å²) >= 11 is 0. The van der Waals surface area contributed by atoms with Crippen LogP contribution in [0.4, 0.5) is 0 Å². The van der Waals surface area contributed by atoms with E-state index in [4.69, 9.17) is 0 Å². The number of piperidine rings is 1. The van der Waals surface area contributed by atoms with Crippen LogP contribution < -0.4 is 5.32 Å². The molecule has 1 saturated heterocycles. The van der Waals surface area contributed by atoms with Gasteiger partial charge in [-0.2, -0.15) is 0 Å². The largest absolute Gasteiger partial charge is 0.309 e. The maximum Gasteiger partial charge on any atom is 0.0452 e. The van der Waals surface area contributed by atoms with E-state index in [-0.39, 0.29) is 0 Å². The maximum atomic E-state index is 3.73. The van der Waals surface area contributed by atoms with Crippen LogP contribution in [0.15, 0.2) is 24.3 Å². The Bertz CT molecular complexity index is 415. The molecule has 0 bridgehead atoms. The summed E-state index contributed by atoms with van der Waals surface area (Å²) in [5, 5.41) is 3.73. The molecule has 0 aromatic heterocycles. The van der Waals surface area contributed by atoms with Crippen LogP contribution in [-0.2, 0) is 6.42 Å². The standard InChI is InChI=1S/C17H26N2/c1-2-15-8-5-6-12-19(15)13-17-16-9-4-3-7-14(16)10-11-18-17/h3-4,7,9,15,17-18H,2,5-6,8,10-13H2,1H3. The molecule has 1 N–H and O–H groups in total. The second-order valence-corrected chi connectivity index (χ2v) is 6.01. The fourth-order valence-electron chi connectivity index (χ4n) is 3.75. The zero-order valence-electron chi connectivity index (χ0n) is 12.1. The number of likely N-dealkylation sites (tertiary alicyclic amines) is 1. The van der Waals surface area contributed by atoms with Crippen LogP contribution in [0.25, 0.3) is 0 Å². The molecule has 2 heteroatoms. The summed E-state index contributed by atoms with van der Waals surface area (Å²) in [7, 11) is 0. The summed E-state index contributed by atoms with van der Waals surface area (Å²) in [6.45, 7) is 5.95. The lowest BCUT2D eigenvalue weighted by molar-refractivity contribution is 0.128. The van der Waals surface area contributed by atoms with E-state index in [0.29, 0.717) is 6.04 Å². The van der Waals surface area contributed by atoms with Crippen molar-refractivity contribution in [2.24, 2.45) is 0 Å². The molecule has 19 heavy (non-hydrogen) atoms. The SMILES string of the molecule is CCC1CCCCN1CC1NCCc2ccccc21. The van der Waals surface area contributed by atoms with Crippen molar-refractivity contribution in [3.05, 3.63) is 35.4 Å². The van der Waals surface area contributed by atoms with E-state index < -0.39 is 0 Å². The lowest BCUT2D eigenvalue weighted by Crippen LogP contribution is -2.45. The highest BCUT2D eigenvalue weighted by Crippen LogP contribution is 2.27. The van der Waals surface area contributed by atoms with Crippen molar-refractivity contribution >= 4 is 0 Å². The van der Waals surface area contributed by atoms with E-state index in [1.165, 1.54) is 50.8 Å². The Hall–Kier alpha value is -0.860. The summed E-state index contributed by atoms with van der Waals surface area (Å²) in [6.07, 6.45) is 6.68. The van der Waals surface area contributed by atoms with E-state index >= 15 is 0 Å². The average Bonchev–Trinajstić information content (AvgIpc) is 2.48. The highest BCUT2D eigenvalue weighted by Gasteiger charge is 2.26. The van der Waals surface area contributed by atoms with Crippen LogP contribution >= 0.6 is 0 Å². The molecule has 1 aromatic carbocycles. The third-order valence-corrected chi connectivity index (χ3v) is 4.85. The number of fused-ring (bicyclic) bond motifs is 1. The van der Waals surface area contributed by atoms with Gasteiger partial charge in [-0.25, -0.2) is 0 Å². The lowest BCUT2D eigenvalue weighted by atomic mass is 9.92. The van der Waals surface area contributed by atoms with E-state index in [1.54, 1.807) is 5.56 Å². The third kappa shape index (κ3) is 2.85. The van der Waals surface area contributed by atoms with Crippen LogP contribution in [0.2, 0.25) is 0 Å². The van der Waals surface area contributed by atoms with Gasteiger partial charge < -0.3 is 5.32 Å². The molecule has 2 atom stereocenters. The summed E-state index contributed by atoms with van der Waals surface area (Å²) in [4.78, 5) is 2.73. The monoisotopic (exact) mass is 258 g/mol. The topological polar surface area (TPSA) is 15.3 Å². The molecule has 0 radical (unpaired) electrons. The molecular formula is C17H26N2. The predicted octanol–water partition coefficient (Wildman–Crippen LogP) is 3.14. The van der Waals surface area contributed by atoms with Crippen LogP contribution in [0.3, 0.4) is 0 Å². The zero-order chi connectivity index (χ0) is 13.1. The van der Waals surface area contributed by atoms with Crippen molar-refractivity contribution in [3.8, 4) is 0 Å². The second kappa shape index (κ2) is 6.06. The first-order valence-electron chi connectivity index (χ1n) is 7.93. The van der Waals surface area contributed by atoms with Gasteiger partial charge in [-0.05, 0) is 49.9 Å². The molecule has 2 aliphatic heterocycles. The van der Waals surface area contributed by atoms with Gasteiger partial charge in [0.2, 0.25) is 0 Å². The molecule has 3 rings (SSSR count). The molecule has 2 aliphatic rings. The van der Waals surface area contributed by atoms with Crippen LogP contribution in [0, 0.1) is 0 Å². The Morgan fingerprint density at radius 1 is 1.26 bits per heavy atom. The third-order valence-electron chi connectivity index (χ3n) is 4.85. The van der Waals surface area contributed by atoms with Gasteiger partial charge in [0, 0.05) is 18.6 Å². The number of nitrogens with zero attached hydrogens (tertiary/aromatic N) is 1. The number of rotatable bonds is 3.